The highest BCUT2D eigenvalue weighted by Gasteiger charge is 2.29. The van der Waals surface area contributed by atoms with Gasteiger partial charge in [0.2, 0.25) is 0 Å². The maximum Gasteiger partial charge on any atom is 0.111 e. The van der Waals surface area contributed by atoms with Gasteiger partial charge in [0.25, 0.3) is 0 Å². The van der Waals surface area contributed by atoms with Crippen LogP contribution in [0, 0.1) is 0 Å². The largest absolute Gasteiger partial charge is 0.412 e. The molecule has 0 fully saturated rings. The highest BCUT2D eigenvalue weighted by atomic mass is 16.4. The van der Waals surface area contributed by atoms with Crippen LogP contribution in [0.4, 0.5) is 0 Å². The van der Waals surface area contributed by atoms with Crippen LogP contribution < -0.4 is 0 Å². The zero-order valence-corrected chi connectivity index (χ0v) is 8.91. The average molecular weight is 272 g/mol. The SMILES string of the molecule is O.O.O.O.O.OC[C@@H](O)[C@@H](O)[C@H](O)[C@@H](O)CO. The summed E-state index contributed by atoms with van der Waals surface area (Å²) in [5.74, 6) is 0. The summed E-state index contributed by atoms with van der Waals surface area (Å²) in [6, 6.07) is 0. The normalized spacial score (nSPS) is 15.2. The highest BCUT2D eigenvalue weighted by Crippen LogP contribution is 2.03. The molecule has 16 N–H and O–H groups in total. The van der Waals surface area contributed by atoms with E-state index in [2.05, 4.69) is 0 Å². The molecule has 0 amide bonds. The van der Waals surface area contributed by atoms with Crippen molar-refractivity contribution in [3.05, 3.63) is 0 Å². The molecule has 0 rings (SSSR count). The Morgan fingerprint density at radius 1 is 0.529 bits per heavy atom. The molecule has 0 radical (unpaired) electrons. The van der Waals surface area contributed by atoms with Crippen LogP contribution in [0.3, 0.4) is 0 Å². The zero-order valence-electron chi connectivity index (χ0n) is 8.91. The molecule has 11 heteroatoms. The van der Waals surface area contributed by atoms with Gasteiger partial charge >= 0.3 is 0 Å². The molecule has 0 aliphatic carbocycles. The molecule has 11 nitrogen and oxygen atoms in total. The molecule has 0 aliphatic heterocycles. The van der Waals surface area contributed by atoms with Crippen LogP contribution in [0.1, 0.15) is 0 Å². The monoisotopic (exact) mass is 272 g/mol. The van der Waals surface area contributed by atoms with Crippen LogP contribution in [0.15, 0.2) is 0 Å². The van der Waals surface area contributed by atoms with E-state index in [0.29, 0.717) is 0 Å². The molecular weight excluding hydrogens is 248 g/mol. The summed E-state index contributed by atoms with van der Waals surface area (Å²) in [6.45, 7) is -1.45. The van der Waals surface area contributed by atoms with E-state index < -0.39 is 37.6 Å². The van der Waals surface area contributed by atoms with Crippen molar-refractivity contribution in [1.29, 1.82) is 0 Å². The third-order valence-corrected chi connectivity index (χ3v) is 1.51. The Labute approximate surface area is 96.7 Å². The Hall–Kier alpha value is -0.440. The standard InChI is InChI=1S/C6H14O6.5H2O/c7-1-3(9)5(11)6(12)4(10)2-8;;;;;/h3-12H,1-2H2;5*1H2/t3-,4+,5-,6-;;;;;/m1...../s1. The fourth-order valence-electron chi connectivity index (χ4n) is 0.671. The van der Waals surface area contributed by atoms with Gasteiger partial charge in [0.1, 0.15) is 24.4 Å². The average Bonchev–Trinajstić information content (AvgIpc) is 2.12. The topological polar surface area (TPSA) is 279 Å². The van der Waals surface area contributed by atoms with E-state index in [0.717, 1.165) is 0 Å². The summed E-state index contributed by atoms with van der Waals surface area (Å²) in [5.41, 5.74) is 0. The second-order valence-corrected chi connectivity index (χ2v) is 2.48. The fraction of sp³-hybridized carbons (Fsp3) is 1.00. The van der Waals surface area contributed by atoms with Crippen LogP contribution in [-0.2, 0) is 0 Å². The number of hydrogen-bond acceptors (Lipinski definition) is 6. The minimum Gasteiger partial charge on any atom is -0.412 e. The first-order valence-electron chi connectivity index (χ1n) is 3.48. The van der Waals surface area contributed by atoms with E-state index >= 15 is 0 Å². The van der Waals surface area contributed by atoms with Gasteiger partial charge < -0.3 is 58.0 Å². The van der Waals surface area contributed by atoms with E-state index in [4.69, 9.17) is 30.6 Å². The lowest BCUT2D eigenvalue weighted by molar-refractivity contribution is -0.123. The maximum absolute atomic E-state index is 8.96. The minimum atomic E-state index is -1.67. The van der Waals surface area contributed by atoms with Crippen LogP contribution in [0.2, 0.25) is 0 Å². The summed E-state index contributed by atoms with van der Waals surface area (Å²) in [7, 11) is 0. The third-order valence-electron chi connectivity index (χ3n) is 1.51. The number of aliphatic hydroxyl groups is 6. The second-order valence-electron chi connectivity index (χ2n) is 2.48. The van der Waals surface area contributed by atoms with Crippen molar-refractivity contribution in [2.45, 2.75) is 24.4 Å². The van der Waals surface area contributed by atoms with E-state index in [1.54, 1.807) is 0 Å². The number of rotatable bonds is 5. The number of aliphatic hydroxyl groups excluding tert-OH is 6. The predicted molar refractivity (Wildman–Crippen MR) is 56.3 cm³/mol. The van der Waals surface area contributed by atoms with Crippen LogP contribution in [-0.4, -0.2) is 95.6 Å². The van der Waals surface area contributed by atoms with Gasteiger partial charge in [0, 0.05) is 0 Å². The van der Waals surface area contributed by atoms with Crippen LogP contribution in [0.25, 0.3) is 0 Å². The van der Waals surface area contributed by atoms with Crippen molar-refractivity contribution in [1.82, 2.24) is 0 Å². The first-order chi connectivity index (χ1) is 5.54. The summed E-state index contributed by atoms with van der Waals surface area (Å²) >= 11 is 0. The molecule has 0 spiro atoms. The molecule has 0 aliphatic rings. The Bertz CT molecular complexity index is 109. The summed E-state index contributed by atoms with van der Waals surface area (Å²) < 4.78 is 0. The molecule has 0 aromatic rings. The Morgan fingerprint density at radius 3 is 0.824 bits per heavy atom. The lowest BCUT2D eigenvalue weighted by atomic mass is 10.0. The molecular formula is C6H24O11. The molecule has 0 saturated carbocycles. The van der Waals surface area contributed by atoms with Crippen molar-refractivity contribution in [2.75, 3.05) is 13.2 Å². The molecule has 0 aromatic carbocycles. The Kier molecular flexibility index (Phi) is 37.9. The van der Waals surface area contributed by atoms with Crippen molar-refractivity contribution in [3.63, 3.8) is 0 Å². The molecule has 17 heavy (non-hydrogen) atoms. The summed E-state index contributed by atoms with van der Waals surface area (Å²) in [6.07, 6.45) is -6.39. The first kappa shape index (κ1) is 36.0. The fourth-order valence-corrected chi connectivity index (χ4v) is 0.671. The van der Waals surface area contributed by atoms with E-state index in [9.17, 15) is 0 Å². The summed E-state index contributed by atoms with van der Waals surface area (Å²) in [5, 5.41) is 52.2. The molecule has 0 aromatic heterocycles. The highest BCUT2D eigenvalue weighted by molar-refractivity contribution is 4.79. The van der Waals surface area contributed by atoms with Gasteiger partial charge in [0.05, 0.1) is 13.2 Å². The zero-order chi connectivity index (χ0) is 9.72. The lowest BCUT2D eigenvalue weighted by Gasteiger charge is -2.24. The van der Waals surface area contributed by atoms with E-state index in [1.807, 2.05) is 0 Å². The van der Waals surface area contributed by atoms with Gasteiger partial charge in [-0.1, -0.05) is 0 Å². The lowest BCUT2D eigenvalue weighted by Crippen LogP contribution is -2.46. The summed E-state index contributed by atoms with van der Waals surface area (Å²) in [4.78, 5) is 0. The van der Waals surface area contributed by atoms with Gasteiger partial charge in [-0.3, -0.25) is 0 Å². The first-order valence-corrected chi connectivity index (χ1v) is 3.48. The molecule has 4 atom stereocenters. The molecule has 114 valence electrons. The van der Waals surface area contributed by atoms with E-state index in [1.165, 1.54) is 0 Å². The molecule has 0 unspecified atom stereocenters. The number of hydrogen-bond donors (Lipinski definition) is 6. The Morgan fingerprint density at radius 2 is 0.706 bits per heavy atom. The van der Waals surface area contributed by atoms with Crippen LogP contribution >= 0.6 is 0 Å². The predicted octanol–water partition coefficient (Wildman–Crippen LogP) is -7.71. The van der Waals surface area contributed by atoms with Gasteiger partial charge in [-0.15, -0.1) is 0 Å². The smallest absolute Gasteiger partial charge is 0.111 e. The second kappa shape index (κ2) is 17.9. The van der Waals surface area contributed by atoms with Gasteiger partial charge in [-0.25, -0.2) is 0 Å². The van der Waals surface area contributed by atoms with E-state index in [-0.39, 0.29) is 27.4 Å². The Balaban J connectivity index is -0.0000000605. The quantitative estimate of drug-likeness (QED) is 0.282. The van der Waals surface area contributed by atoms with Crippen molar-refractivity contribution in [3.8, 4) is 0 Å². The van der Waals surface area contributed by atoms with Crippen molar-refractivity contribution in [2.24, 2.45) is 0 Å². The third kappa shape index (κ3) is 11.8. The van der Waals surface area contributed by atoms with Gasteiger partial charge in [-0.2, -0.15) is 0 Å². The van der Waals surface area contributed by atoms with Crippen LogP contribution in [0.5, 0.6) is 0 Å². The minimum absolute atomic E-state index is 0. The van der Waals surface area contributed by atoms with Crippen molar-refractivity contribution >= 4 is 0 Å². The molecule has 0 saturated heterocycles. The molecule has 0 bridgehead atoms. The molecule has 0 heterocycles. The van der Waals surface area contributed by atoms with Gasteiger partial charge in [-0.05, 0) is 0 Å². The van der Waals surface area contributed by atoms with Crippen molar-refractivity contribution < 1.29 is 58.0 Å². The maximum atomic E-state index is 8.96. The van der Waals surface area contributed by atoms with Gasteiger partial charge in [0.15, 0.2) is 0 Å².